The van der Waals surface area contributed by atoms with Gasteiger partial charge in [-0.15, -0.1) is 0 Å². The highest BCUT2D eigenvalue weighted by molar-refractivity contribution is 6.00. The van der Waals surface area contributed by atoms with Crippen LogP contribution in [0, 0.1) is 11.8 Å². The Morgan fingerprint density at radius 1 is 0.974 bits per heavy atom. The number of benzene rings is 2. The van der Waals surface area contributed by atoms with Gasteiger partial charge in [-0.05, 0) is 49.8 Å². The second-order valence-electron chi connectivity index (χ2n) is 10.4. The molecule has 1 saturated carbocycles. The third-order valence-electron chi connectivity index (χ3n) is 7.63. The first-order chi connectivity index (χ1) is 18.7. The molecule has 1 aliphatic carbocycles. The van der Waals surface area contributed by atoms with Crippen LogP contribution >= 0.6 is 0 Å². The zero-order valence-corrected chi connectivity index (χ0v) is 22.0. The van der Waals surface area contributed by atoms with Crippen LogP contribution in [0.2, 0.25) is 0 Å². The summed E-state index contributed by atoms with van der Waals surface area (Å²) in [5.41, 5.74) is 0.771. The third kappa shape index (κ3) is 6.57. The Labute approximate surface area is 227 Å². The average molecular weight is 538 g/mol. The molecule has 2 fully saturated rings. The van der Waals surface area contributed by atoms with Crippen molar-refractivity contribution in [2.45, 2.75) is 69.9 Å². The molecule has 1 saturated heterocycles. The summed E-state index contributed by atoms with van der Waals surface area (Å²) in [5, 5.41) is 29.5. The number of carbonyl (C=O) groups is 4. The lowest BCUT2D eigenvalue weighted by molar-refractivity contribution is -0.158. The number of aliphatic hydroxyl groups excluding tert-OH is 1. The molecule has 39 heavy (non-hydrogen) atoms. The van der Waals surface area contributed by atoms with Crippen molar-refractivity contribution in [1.29, 1.82) is 0 Å². The molecule has 1 unspecified atom stereocenters. The number of rotatable bonds is 5. The zero-order chi connectivity index (χ0) is 28.1. The minimum absolute atomic E-state index is 0.0518. The lowest BCUT2D eigenvalue weighted by atomic mass is 9.79. The largest absolute Gasteiger partial charge is 0.507 e. The molecule has 208 valence electrons. The number of amides is 3. The van der Waals surface area contributed by atoms with Crippen LogP contribution in [-0.4, -0.2) is 64.2 Å². The van der Waals surface area contributed by atoms with Crippen LogP contribution in [0.1, 0.15) is 49.0 Å². The van der Waals surface area contributed by atoms with Crippen molar-refractivity contribution in [3.8, 4) is 5.75 Å². The number of phenols is 1. The molecule has 5 N–H and O–H groups in total. The lowest BCUT2D eigenvalue weighted by Crippen LogP contribution is -2.61. The van der Waals surface area contributed by atoms with Gasteiger partial charge in [0.15, 0.2) is 0 Å². The number of cyclic esters (lactones) is 1. The van der Waals surface area contributed by atoms with Crippen molar-refractivity contribution in [3.63, 3.8) is 0 Å². The first-order valence-electron chi connectivity index (χ1n) is 13.3. The Kier molecular flexibility index (Phi) is 8.86. The molecule has 1 aliphatic heterocycles. The molecule has 1 heterocycles. The average Bonchev–Trinajstić information content (AvgIpc) is 2.89. The molecule has 2 aliphatic rings. The Bertz CT molecular complexity index is 1200. The number of esters is 1. The first kappa shape index (κ1) is 28.1. The van der Waals surface area contributed by atoms with Gasteiger partial charge in [0.1, 0.15) is 23.9 Å². The minimum atomic E-state index is -1.35. The van der Waals surface area contributed by atoms with Crippen LogP contribution in [-0.2, 0) is 25.5 Å². The number of carbonyl (C=O) groups excluding carboxylic acids is 4. The maximum Gasteiger partial charge on any atom is 0.329 e. The SMILES string of the molecule is C[C@H]1OC(=O)C(C2CCC2)NC(=O)[C@H](C)[C@H](O)[C@H](Cc2ccccc2)NC(=O)[C@H]1NC(=O)c1ccccc1O. The van der Waals surface area contributed by atoms with Crippen LogP contribution in [0.25, 0.3) is 0 Å². The molecule has 6 atom stereocenters. The summed E-state index contributed by atoms with van der Waals surface area (Å²) >= 11 is 0. The summed E-state index contributed by atoms with van der Waals surface area (Å²) in [5.74, 6) is -4.01. The van der Waals surface area contributed by atoms with Gasteiger partial charge in [0.2, 0.25) is 11.8 Å². The van der Waals surface area contributed by atoms with E-state index in [2.05, 4.69) is 16.0 Å². The predicted octanol–water partition coefficient (Wildman–Crippen LogP) is 1.45. The van der Waals surface area contributed by atoms with Crippen LogP contribution in [0.3, 0.4) is 0 Å². The van der Waals surface area contributed by atoms with Gasteiger partial charge in [0, 0.05) is 0 Å². The topological polar surface area (TPSA) is 154 Å². The fourth-order valence-corrected chi connectivity index (χ4v) is 4.93. The van der Waals surface area contributed by atoms with E-state index in [4.69, 9.17) is 4.74 Å². The molecular weight excluding hydrogens is 502 g/mol. The minimum Gasteiger partial charge on any atom is -0.507 e. The maximum absolute atomic E-state index is 13.6. The van der Waals surface area contributed by atoms with Crippen molar-refractivity contribution in [1.82, 2.24) is 16.0 Å². The van der Waals surface area contributed by atoms with Gasteiger partial charge in [0.05, 0.1) is 23.6 Å². The number of aromatic hydroxyl groups is 1. The highest BCUT2D eigenvalue weighted by atomic mass is 16.5. The Hall–Kier alpha value is -3.92. The number of ether oxygens (including phenoxy) is 1. The van der Waals surface area contributed by atoms with Gasteiger partial charge in [0.25, 0.3) is 5.91 Å². The quantitative estimate of drug-likeness (QED) is 0.362. The van der Waals surface area contributed by atoms with Crippen LogP contribution in [0.4, 0.5) is 0 Å². The molecule has 4 rings (SSSR count). The number of aliphatic hydroxyl groups is 1. The lowest BCUT2D eigenvalue weighted by Gasteiger charge is -2.37. The first-order valence-corrected chi connectivity index (χ1v) is 13.3. The van der Waals surface area contributed by atoms with Gasteiger partial charge in [-0.1, -0.05) is 55.8 Å². The molecule has 0 bridgehead atoms. The van der Waals surface area contributed by atoms with Crippen molar-refractivity contribution in [2.75, 3.05) is 0 Å². The van der Waals surface area contributed by atoms with E-state index in [0.29, 0.717) is 0 Å². The third-order valence-corrected chi connectivity index (χ3v) is 7.63. The van der Waals surface area contributed by atoms with Crippen molar-refractivity contribution in [3.05, 3.63) is 65.7 Å². The van der Waals surface area contributed by atoms with Crippen molar-refractivity contribution in [2.24, 2.45) is 11.8 Å². The second kappa shape index (κ2) is 12.3. The van der Waals surface area contributed by atoms with Gasteiger partial charge in [-0.3, -0.25) is 14.4 Å². The Morgan fingerprint density at radius 3 is 2.28 bits per heavy atom. The van der Waals surface area contributed by atoms with Crippen molar-refractivity contribution >= 4 is 23.7 Å². The summed E-state index contributed by atoms with van der Waals surface area (Å²) in [6.07, 6.45) is 0.172. The van der Waals surface area contributed by atoms with E-state index < -0.39 is 59.9 Å². The van der Waals surface area contributed by atoms with Crippen LogP contribution in [0.5, 0.6) is 5.75 Å². The highest BCUT2D eigenvalue weighted by Crippen LogP contribution is 2.31. The molecule has 10 heteroatoms. The molecule has 3 amide bonds. The van der Waals surface area contributed by atoms with E-state index >= 15 is 0 Å². The van der Waals surface area contributed by atoms with E-state index in [1.54, 1.807) is 19.1 Å². The van der Waals surface area contributed by atoms with Gasteiger partial charge < -0.3 is 30.9 Å². The zero-order valence-electron chi connectivity index (χ0n) is 22.0. The molecule has 2 aromatic carbocycles. The highest BCUT2D eigenvalue weighted by Gasteiger charge is 2.42. The fourth-order valence-electron chi connectivity index (χ4n) is 4.93. The number of hydrogen-bond acceptors (Lipinski definition) is 7. The van der Waals surface area contributed by atoms with Gasteiger partial charge >= 0.3 is 5.97 Å². The molecule has 0 spiro atoms. The monoisotopic (exact) mass is 537 g/mol. The molecular formula is C29H35N3O7. The van der Waals surface area contributed by atoms with E-state index in [1.165, 1.54) is 19.1 Å². The number of para-hydroxylation sites is 1. The standard InChI is InChI=1S/C29H35N3O7/c1-16-25(34)21(15-18-9-4-3-5-10-18)30-28(37)23(31-27(36)20-13-6-7-14-22(20)33)17(2)39-29(38)24(32-26(16)35)19-11-8-12-19/h3-7,9-10,13-14,16-17,19,21,23-25,33-34H,8,11-12,15H2,1-2H3,(H,30,37)(H,31,36)(H,32,35)/t16-,17-,21+,23+,24?,25+/m1/s1. The van der Waals surface area contributed by atoms with Crippen LogP contribution in [0.15, 0.2) is 54.6 Å². The summed E-state index contributed by atoms with van der Waals surface area (Å²) in [4.78, 5) is 53.0. The number of hydrogen-bond donors (Lipinski definition) is 5. The van der Waals surface area contributed by atoms with Gasteiger partial charge in [-0.2, -0.15) is 0 Å². The summed E-state index contributed by atoms with van der Waals surface area (Å²) in [6, 6.07) is 11.9. The molecule has 0 aromatic heterocycles. The summed E-state index contributed by atoms with van der Waals surface area (Å²) in [6.45, 7) is 3.02. The van der Waals surface area contributed by atoms with Crippen molar-refractivity contribution < 1.29 is 34.1 Å². The normalized spacial score (nSPS) is 28.5. The molecule has 0 radical (unpaired) electrons. The fraction of sp³-hybridized carbons (Fsp3) is 0.448. The Morgan fingerprint density at radius 2 is 1.64 bits per heavy atom. The van der Waals surface area contributed by atoms with E-state index in [1.807, 2.05) is 30.3 Å². The smallest absolute Gasteiger partial charge is 0.329 e. The number of nitrogens with one attached hydrogen (secondary N) is 3. The maximum atomic E-state index is 13.6. The van der Waals surface area contributed by atoms with Crippen LogP contribution < -0.4 is 16.0 Å². The molecule has 2 aromatic rings. The summed E-state index contributed by atoms with van der Waals surface area (Å²) < 4.78 is 5.65. The van der Waals surface area contributed by atoms with Gasteiger partial charge in [-0.25, -0.2) is 4.79 Å². The van der Waals surface area contributed by atoms with E-state index in [0.717, 1.165) is 24.8 Å². The van der Waals surface area contributed by atoms with E-state index in [9.17, 15) is 29.4 Å². The van der Waals surface area contributed by atoms with E-state index in [-0.39, 0.29) is 23.7 Å². The number of phenolic OH excluding ortho intramolecular Hbond substituents is 1. The second-order valence-corrected chi connectivity index (χ2v) is 10.4. The predicted molar refractivity (Wildman–Crippen MR) is 141 cm³/mol. The Balaban J connectivity index is 1.67. The molecule has 10 nitrogen and oxygen atoms in total. The summed E-state index contributed by atoms with van der Waals surface area (Å²) in [7, 11) is 0.